The summed E-state index contributed by atoms with van der Waals surface area (Å²) in [5.74, 6) is 0. The van der Waals surface area contributed by atoms with Gasteiger partial charge in [-0.15, -0.1) is 0 Å². The molecule has 1 aromatic rings. The number of allylic oxidation sites excluding steroid dienone is 4. The van der Waals surface area contributed by atoms with E-state index in [4.69, 9.17) is 0 Å². The van der Waals surface area contributed by atoms with Gasteiger partial charge in [-0.25, -0.2) is 0 Å². The molecule has 0 nitrogen and oxygen atoms in total. The molecule has 0 saturated heterocycles. The maximum Gasteiger partial charge on any atom is 0.0172 e. The van der Waals surface area contributed by atoms with Gasteiger partial charge in [0.1, 0.15) is 0 Å². The lowest BCUT2D eigenvalue weighted by Crippen LogP contribution is -2.25. The highest BCUT2D eigenvalue weighted by atomic mass is 14.3. The average Bonchev–Trinajstić information content (AvgIpc) is 2.36. The molecule has 2 rings (SSSR count). The summed E-state index contributed by atoms with van der Waals surface area (Å²) in [7, 11) is 0. The third-order valence-corrected chi connectivity index (χ3v) is 3.94. The maximum atomic E-state index is 2.48. The van der Waals surface area contributed by atoms with Crippen LogP contribution in [0.25, 0.3) is 0 Å². The van der Waals surface area contributed by atoms with Crippen molar-refractivity contribution >= 4 is 0 Å². The van der Waals surface area contributed by atoms with Crippen LogP contribution in [0.3, 0.4) is 0 Å². The Morgan fingerprint density at radius 2 is 2.06 bits per heavy atom. The van der Waals surface area contributed by atoms with E-state index in [-0.39, 0.29) is 5.41 Å². The van der Waals surface area contributed by atoms with Crippen LogP contribution in [0.15, 0.2) is 48.1 Å². The van der Waals surface area contributed by atoms with Crippen molar-refractivity contribution in [3.63, 3.8) is 0 Å². The monoisotopic (exact) mass is 240 g/mol. The van der Waals surface area contributed by atoms with Gasteiger partial charge < -0.3 is 0 Å². The van der Waals surface area contributed by atoms with Crippen LogP contribution in [-0.2, 0) is 5.41 Å². The normalized spacial score (nSPS) is 22.9. The van der Waals surface area contributed by atoms with Crippen LogP contribution in [0.4, 0.5) is 0 Å². The summed E-state index contributed by atoms with van der Waals surface area (Å²) in [5.41, 5.74) is 4.49. The van der Waals surface area contributed by atoms with Gasteiger partial charge in [-0.1, -0.05) is 73.4 Å². The maximum absolute atomic E-state index is 2.48. The molecular weight excluding hydrogens is 216 g/mol. The average molecular weight is 240 g/mol. The number of hydrogen-bond donors (Lipinski definition) is 0. The highest BCUT2D eigenvalue weighted by molar-refractivity contribution is 5.40. The van der Waals surface area contributed by atoms with Gasteiger partial charge in [0, 0.05) is 5.41 Å². The van der Waals surface area contributed by atoms with Crippen molar-refractivity contribution in [2.75, 3.05) is 0 Å². The van der Waals surface area contributed by atoms with E-state index < -0.39 is 0 Å². The van der Waals surface area contributed by atoms with Crippen molar-refractivity contribution in [2.45, 2.75) is 51.9 Å². The molecule has 1 atom stereocenters. The van der Waals surface area contributed by atoms with Gasteiger partial charge in [-0.3, -0.25) is 0 Å². The van der Waals surface area contributed by atoms with Crippen molar-refractivity contribution < 1.29 is 0 Å². The zero-order valence-corrected chi connectivity index (χ0v) is 11.9. The molecule has 0 bridgehead atoms. The summed E-state index contributed by atoms with van der Waals surface area (Å²) >= 11 is 0. The molecule has 0 heteroatoms. The van der Waals surface area contributed by atoms with Crippen LogP contribution in [0.1, 0.15) is 50.7 Å². The van der Waals surface area contributed by atoms with Crippen molar-refractivity contribution in [2.24, 2.45) is 0 Å². The number of aryl methyl sites for hydroxylation is 1. The van der Waals surface area contributed by atoms with E-state index >= 15 is 0 Å². The van der Waals surface area contributed by atoms with E-state index in [9.17, 15) is 0 Å². The summed E-state index contributed by atoms with van der Waals surface area (Å²) in [6.07, 6.45) is 12.0. The van der Waals surface area contributed by atoms with E-state index in [1.165, 1.54) is 36.0 Å². The van der Waals surface area contributed by atoms with Gasteiger partial charge in [0.2, 0.25) is 0 Å². The van der Waals surface area contributed by atoms with Gasteiger partial charge in [-0.2, -0.15) is 0 Å². The smallest absolute Gasteiger partial charge is 0.0172 e. The lowest BCUT2D eigenvalue weighted by atomic mass is 9.70. The SMILES string of the molecule is CCCCC1(c2cccc(C)c2)C=C(C)C=CC1. The summed E-state index contributed by atoms with van der Waals surface area (Å²) in [4.78, 5) is 0. The van der Waals surface area contributed by atoms with E-state index in [1.54, 1.807) is 0 Å². The van der Waals surface area contributed by atoms with Crippen molar-refractivity contribution in [3.05, 3.63) is 59.2 Å². The molecule has 0 radical (unpaired) electrons. The predicted octanol–water partition coefficient (Wildman–Crippen LogP) is 5.33. The second-order valence-electron chi connectivity index (χ2n) is 5.62. The topological polar surface area (TPSA) is 0 Å². The molecular formula is C18H24. The van der Waals surface area contributed by atoms with Crippen molar-refractivity contribution in [3.8, 4) is 0 Å². The van der Waals surface area contributed by atoms with E-state index in [1.807, 2.05) is 0 Å². The standard InChI is InChI=1S/C18H24/c1-4-5-11-18(12-7-9-16(3)14-18)17-10-6-8-15(2)13-17/h6-10,13-14H,4-5,11-12H2,1-3H3. The van der Waals surface area contributed by atoms with Crippen molar-refractivity contribution in [1.29, 1.82) is 0 Å². The summed E-state index contributed by atoms with van der Waals surface area (Å²) in [6.45, 7) is 6.68. The molecule has 96 valence electrons. The van der Waals surface area contributed by atoms with Crippen LogP contribution in [0, 0.1) is 6.92 Å². The molecule has 1 unspecified atom stereocenters. The molecule has 0 heterocycles. The van der Waals surface area contributed by atoms with E-state index in [2.05, 4.69) is 63.3 Å². The van der Waals surface area contributed by atoms with Crippen LogP contribution in [0.5, 0.6) is 0 Å². The lowest BCUT2D eigenvalue weighted by Gasteiger charge is -2.33. The first-order valence-electron chi connectivity index (χ1n) is 7.09. The molecule has 1 aliphatic carbocycles. The van der Waals surface area contributed by atoms with Crippen LogP contribution < -0.4 is 0 Å². The fourth-order valence-corrected chi connectivity index (χ4v) is 2.96. The van der Waals surface area contributed by atoms with E-state index in [0.717, 1.165) is 6.42 Å². The minimum atomic E-state index is 0.237. The Bertz CT molecular complexity index is 465. The molecule has 1 aliphatic rings. The van der Waals surface area contributed by atoms with Crippen LogP contribution in [-0.4, -0.2) is 0 Å². The Morgan fingerprint density at radius 3 is 2.72 bits per heavy atom. The zero-order chi connectivity index (χ0) is 13.0. The lowest BCUT2D eigenvalue weighted by molar-refractivity contribution is 0.466. The number of rotatable bonds is 4. The fourth-order valence-electron chi connectivity index (χ4n) is 2.96. The Labute approximate surface area is 111 Å². The number of hydrogen-bond acceptors (Lipinski definition) is 0. The van der Waals surface area contributed by atoms with Crippen LogP contribution in [0.2, 0.25) is 0 Å². The van der Waals surface area contributed by atoms with Crippen molar-refractivity contribution in [1.82, 2.24) is 0 Å². The first-order chi connectivity index (χ1) is 8.66. The van der Waals surface area contributed by atoms with Gasteiger partial charge >= 0.3 is 0 Å². The van der Waals surface area contributed by atoms with Gasteiger partial charge in [-0.05, 0) is 32.3 Å². The Morgan fingerprint density at radius 1 is 1.22 bits per heavy atom. The minimum Gasteiger partial charge on any atom is -0.0831 e. The number of benzene rings is 1. The van der Waals surface area contributed by atoms with Gasteiger partial charge in [0.15, 0.2) is 0 Å². The Kier molecular flexibility index (Phi) is 4.06. The van der Waals surface area contributed by atoms with Gasteiger partial charge in [0.05, 0.1) is 0 Å². The first kappa shape index (κ1) is 13.1. The molecule has 18 heavy (non-hydrogen) atoms. The third-order valence-electron chi connectivity index (χ3n) is 3.94. The Hall–Kier alpha value is -1.30. The summed E-state index contributed by atoms with van der Waals surface area (Å²) < 4.78 is 0. The first-order valence-corrected chi connectivity index (χ1v) is 7.09. The molecule has 0 amide bonds. The molecule has 0 fully saturated rings. The minimum absolute atomic E-state index is 0.237. The second kappa shape index (κ2) is 5.56. The highest BCUT2D eigenvalue weighted by Crippen LogP contribution is 2.39. The molecule has 0 saturated carbocycles. The van der Waals surface area contributed by atoms with E-state index in [0.29, 0.717) is 0 Å². The zero-order valence-electron chi connectivity index (χ0n) is 11.9. The summed E-state index contributed by atoms with van der Waals surface area (Å²) in [6, 6.07) is 9.04. The molecule has 0 N–H and O–H groups in total. The molecule has 1 aromatic carbocycles. The predicted molar refractivity (Wildman–Crippen MR) is 79.9 cm³/mol. The molecule has 0 spiro atoms. The largest absolute Gasteiger partial charge is 0.0831 e. The molecule has 0 aromatic heterocycles. The summed E-state index contributed by atoms with van der Waals surface area (Å²) in [5, 5.41) is 0. The van der Waals surface area contributed by atoms with Crippen LogP contribution >= 0.6 is 0 Å². The highest BCUT2D eigenvalue weighted by Gasteiger charge is 2.29. The number of unbranched alkanes of at least 4 members (excludes halogenated alkanes) is 1. The van der Waals surface area contributed by atoms with Gasteiger partial charge in [0.25, 0.3) is 0 Å². The third kappa shape index (κ3) is 2.75. The quantitative estimate of drug-likeness (QED) is 0.667. The molecule has 0 aliphatic heterocycles. The Balaban J connectivity index is 2.39. The second-order valence-corrected chi connectivity index (χ2v) is 5.62. The fraction of sp³-hybridized carbons (Fsp3) is 0.444.